The SMILES string of the molecule is COC(=O)NCC(=O)N1CCCC1c1ncc(-c2ccc3cc(-c4ccc(-c5cnc(C6CC7(CC7)CN6C(=O)C(NC=O)c6ccccc6)[nH]5)cc4)ccc3c2)[nH]1. The summed E-state index contributed by atoms with van der Waals surface area (Å²) in [5.41, 5.74) is 6.81. The van der Waals surface area contributed by atoms with E-state index in [-0.39, 0.29) is 35.9 Å². The van der Waals surface area contributed by atoms with Crippen LogP contribution in [0.3, 0.4) is 0 Å². The first-order valence-electron chi connectivity index (χ1n) is 19.7. The quantitative estimate of drug-likeness (QED) is 0.105. The molecule has 3 unspecified atom stereocenters. The molecular formula is C45H44N8O5. The van der Waals surface area contributed by atoms with Gasteiger partial charge in [0.05, 0.1) is 43.0 Å². The van der Waals surface area contributed by atoms with Crippen LogP contribution < -0.4 is 10.6 Å². The molecule has 294 valence electrons. The number of H-pyrrole nitrogens is 2. The van der Waals surface area contributed by atoms with E-state index in [9.17, 15) is 19.2 Å². The van der Waals surface area contributed by atoms with Crippen molar-refractivity contribution in [1.29, 1.82) is 0 Å². The van der Waals surface area contributed by atoms with Crippen LogP contribution in [0.1, 0.15) is 67.4 Å². The van der Waals surface area contributed by atoms with Gasteiger partial charge >= 0.3 is 6.09 Å². The highest BCUT2D eigenvalue weighted by molar-refractivity contribution is 5.91. The van der Waals surface area contributed by atoms with Crippen molar-refractivity contribution in [3.8, 4) is 33.6 Å². The van der Waals surface area contributed by atoms with Gasteiger partial charge in [0.25, 0.3) is 0 Å². The lowest BCUT2D eigenvalue weighted by Crippen LogP contribution is -2.41. The predicted molar refractivity (Wildman–Crippen MR) is 218 cm³/mol. The summed E-state index contributed by atoms with van der Waals surface area (Å²) in [6, 6.07) is 29.4. The number of nitrogens with one attached hydrogen (secondary N) is 4. The van der Waals surface area contributed by atoms with Crippen LogP contribution in [-0.4, -0.2) is 80.8 Å². The first kappa shape index (κ1) is 36.9. The first-order chi connectivity index (χ1) is 28.3. The summed E-state index contributed by atoms with van der Waals surface area (Å²) in [6.07, 6.45) is 8.29. The van der Waals surface area contributed by atoms with E-state index in [0.717, 1.165) is 93.7 Å². The van der Waals surface area contributed by atoms with E-state index < -0.39 is 12.1 Å². The van der Waals surface area contributed by atoms with Crippen molar-refractivity contribution in [3.63, 3.8) is 0 Å². The van der Waals surface area contributed by atoms with Gasteiger partial charge in [0.15, 0.2) is 0 Å². The molecule has 1 spiro atoms. The van der Waals surface area contributed by atoms with Crippen molar-refractivity contribution in [2.75, 3.05) is 26.7 Å². The number of carbonyl (C=O) groups is 4. The fraction of sp³-hybridized carbons (Fsp3) is 0.289. The molecule has 0 bridgehead atoms. The minimum atomic E-state index is -0.753. The third-order valence-corrected chi connectivity index (χ3v) is 12.0. The number of amides is 4. The van der Waals surface area contributed by atoms with E-state index in [2.05, 4.69) is 91.0 Å². The van der Waals surface area contributed by atoms with Gasteiger partial charge in [-0.1, -0.05) is 78.9 Å². The summed E-state index contributed by atoms with van der Waals surface area (Å²) in [4.78, 5) is 70.0. The zero-order chi connectivity index (χ0) is 39.8. The fourth-order valence-electron chi connectivity index (χ4n) is 8.67. The molecular weight excluding hydrogens is 733 g/mol. The Bertz CT molecular complexity index is 2490. The summed E-state index contributed by atoms with van der Waals surface area (Å²) < 4.78 is 4.59. The number of imidazole rings is 2. The summed E-state index contributed by atoms with van der Waals surface area (Å²) >= 11 is 0. The highest BCUT2D eigenvalue weighted by Gasteiger charge is 2.55. The van der Waals surface area contributed by atoms with Crippen LogP contribution in [-0.2, 0) is 19.1 Å². The van der Waals surface area contributed by atoms with E-state index in [1.807, 2.05) is 47.6 Å². The zero-order valence-corrected chi connectivity index (χ0v) is 32.1. The molecule has 13 nitrogen and oxygen atoms in total. The number of methoxy groups -OCH3 is 1. The maximum Gasteiger partial charge on any atom is 0.407 e. The van der Waals surface area contributed by atoms with Gasteiger partial charge in [0, 0.05) is 18.7 Å². The molecule has 0 radical (unpaired) electrons. The van der Waals surface area contributed by atoms with Gasteiger partial charge in [-0.2, -0.15) is 0 Å². The van der Waals surface area contributed by atoms with Crippen LogP contribution >= 0.6 is 0 Å². The molecule has 13 heteroatoms. The van der Waals surface area contributed by atoms with Crippen molar-refractivity contribution < 1.29 is 23.9 Å². The Morgan fingerprint density at radius 2 is 1.47 bits per heavy atom. The van der Waals surface area contributed by atoms with Crippen molar-refractivity contribution in [2.24, 2.45) is 5.41 Å². The Labute approximate surface area is 335 Å². The zero-order valence-electron chi connectivity index (χ0n) is 32.1. The summed E-state index contributed by atoms with van der Waals surface area (Å²) in [6.45, 7) is 1.14. The number of hydrogen-bond donors (Lipinski definition) is 4. The number of carbonyl (C=O) groups excluding carboxylic acids is 4. The average molecular weight is 777 g/mol. The molecule has 4 aromatic carbocycles. The Balaban J connectivity index is 0.883. The number of aromatic nitrogens is 4. The Morgan fingerprint density at radius 1 is 0.828 bits per heavy atom. The molecule has 2 saturated heterocycles. The van der Waals surface area contributed by atoms with Crippen LogP contribution in [0.2, 0.25) is 0 Å². The number of benzene rings is 4. The van der Waals surface area contributed by atoms with Crippen LogP contribution in [0.4, 0.5) is 4.79 Å². The van der Waals surface area contributed by atoms with Gasteiger partial charge in [-0.05, 0) is 82.7 Å². The largest absolute Gasteiger partial charge is 0.453 e. The number of rotatable bonds is 11. The Morgan fingerprint density at radius 3 is 2.16 bits per heavy atom. The molecule has 58 heavy (non-hydrogen) atoms. The van der Waals surface area contributed by atoms with E-state index in [4.69, 9.17) is 4.98 Å². The number of likely N-dealkylation sites (tertiary alicyclic amines) is 2. The Kier molecular flexibility index (Phi) is 9.72. The highest BCUT2D eigenvalue weighted by atomic mass is 16.5. The number of aromatic amines is 2. The first-order valence-corrected chi connectivity index (χ1v) is 19.7. The van der Waals surface area contributed by atoms with Crippen LogP contribution in [0.15, 0.2) is 103 Å². The van der Waals surface area contributed by atoms with Crippen molar-refractivity contribution in [3.05, 3.63) is 121 Å². The highest BCUT2D eigenvalue weighted by Crippen LogP contribution is 2.58. The topological polar surface area (TPSA) is 165 Å². The van der Waals surface area contributed by atoms with Crippen molar-refractivity contribution >= 4 is 35.1 Å². The molecule has 4 amide bonds. The third kappa shape index (κ3) is 7.19. The average Bonchev–Trinajstić information content (AvgIpc) is 3.80. The normalized spacial score (nSPS) is 18.6. The number of fused-ring (bicyclic) bond motifs is 1. The molecule has 2 aromatic heterocycles. The smallest absolute Gasteiger partial charge is 0.407 e. The lowest BCUT2D eigenvalue weighted by Gasteiger charge is -2.28. The van der Waals surface area contributed by atoms with Crippen LogP contribution in [0.25, 0.3) is 44.4 Å². The van der Waals surface area contributed by atoms with Crippen molar-refractivity contribution in [1.82, 2.24) is 40.4 Å². The lowest BCUT2D eigenvalue weighted by molar-refractivity contribution is -0.136. The molecule has 6 aromatic rings. The van der Waals surface area contributed by atoms with E-state index in [0.29, 0.717) is 19.5 Å². The van der Waals surface area contributed by atoms with Crippen LogP contribution in [0, 0.1) is 5.41 Å². The van der Waals surface area contributed by atoms with Gasteiger partial charge in [-0.25, -0.2) is 14.8 Å². The molecule has 1 saturated carbocycles. The second-order valence-corrected chi connectivity index (χ2v) is 15.6. The monoisotopic (exact) mass is 776 g/mol. The molecule has 1 aliphatic carbocycles. The standard InChI is InChI=1S/C45H44N8O5/c1-58-44(57)48-25-39(55)52-19-5-8-37(52)41-46-24-36(51-41)34-16-15-32-20-31(13-14-33(32)21-34)28-9-11-29(12-10-28)35-23-47-42(50-35)38-22-45(17-18-45)26-53(38)43(56)40(49-27-54)30-6-3-2-4-7-30/h2-4,6-7,9-16,20-21,23-24,27,37-38,40H,5,8,17-19,22,25-26H2,1H3,(H,46,51)(H,47,50)(H,48,57)(H,49,54). The van der Waals surface area contributed by atoms with E-state index in [1.54, 1.807) is 4.90 Å². The molecule has 3 fully saturated rings. The van der Waals surface area contributed by atoms with Gasteiger partial charge in [-0.15, -0.1) is 0 Å². The number of alkyl carbamates (subject to hydrolysis) is 1. The molecule has 3 atom stereocenters. The number of nitrogens with zero attached hydrogens (tertiary/aromatic N) is 4. The van der Waals surface area contributed by atoms with E-state index >= 15 is 0 Å². The second-order valence-electron chi connectivity index (χ2n) is 15.6. The van der Waals surface area contributed by atoms with Crippen molar-refractivity contribution in [2.45, 2.75) is 50.2 Å². The maximum absolute atomic E-state index is 14.0. The fourth-order valence-corrected chi connectivity index (χ4v) is 8.67. The lowest BCUT2D eigenvalue weighted by atomic mass is 9.98. The third-order valence-electron chi connectivity index (χ3n) is 12.0. The van der Waals surface area contributed by atoms with E-state index in [1.165, 1.54) is 7.11 Å². The minimum Gasteiger partial charge on any atom is -0.453 e. The number of hydrogen-bond acceptors (Lipinski definition) is 7. The number of ether oxygens (including phenoxy) is 1. The summed E-state index contributed by atoms with van der Waals surface area (Å²) in [5, 5.41) is 7.43. The molecule has 4 heterocycles. The Hall–Kier alpha value is -6.76. The predicted octanol–water partition coefficient (Wildman–Crippen LogP) is 6.85. The second kappa shape index (κ2) is 15.3. The summed E-state index contributed by atoms with van der Waals surface area (Å²) in [5.74, 6) is 1.20. The van der Waals surface area contributed by atoms with Crippen LogP contribution in [0.5, 0.6) is 0 Å². The molecule has 3 aliphatic rings. The minimum absolute atomic E-state index is 0.120. The summed E-state index contributed by atoms with van der Waals surface area (Å²) in [7, 11) is 1.27. The van der Waals surface area contributed by atoms with Gasteiger partial charge in [0.2, 0.25) is 18.2 Å². The molecule has 4 N–H and O–H groups in total. The van der Waals surface area contributed by atoms with Gasteiger partial charge in [0.1, 0.15) is 24.2 Å². The maximum atomic E-state index is 14.0. The van der Waals surface area contributed by atoms with Gasteiger partial charge < -0.3 is 35.1 Å². The van der Waals surface area contributed by atoms with Gasteiger partial charge in [-0.3, -0.25) is 14.4 Å². The molecule has 9 rings (SSSR count). The molecule has 2 aliphatic heterocycles.